The summed E-state index contributed by atoms with van der Waals surface area (Å²) < 4.78 is 20.5. The molecule has 0 unspecified atom stereocenters. The monoisotopic (exact) mass is 300 g/mol. The Bertz CT molecular complexity index is 691. The average molecular weight is 300 g/mol. The van der Waals surface area contributed by atoms with Gasteiger partial charge in [0.15, 0.2) is 17.7 Å². The molecular formula is C10H13FN6O4. The molecule has 0 amide bonds. The molecule has 21 heavy (non-hydrogen) atoms. The van der Waals surface area contributed by atoms with E-state index in [0.29, 0.717) is 0 Å². The van der Waals surface area contributed by atoms with Crippen LogP contribution in [-0.4, -0.2) is 59.5 Å². The number of hydrogen-bond acceptors (Lipinski definition) is 9. The van der Waals surface area contributed by atoms with Crippen molar-refractivity contribution < 1.29 is 24.4 Å². The molecule has 0 bridgehead atoms. The van der Waals surface area contributed by atoms with Crippen molar-refractivity contribution in [3.8, 4) is 0 Å². The van der Waals surface area contributed by atoms with Crippen LogP contribution < -0.4 is 11.5 Å². The fourth-order valence-corrected chi connectivity index (χ4v) is 2.27. The minimum absolute atomic E-state index is 0.0177. The van der Waals surface area contributed by atoms with Crippen molar-refractivity contribution >= 4 is 22.9 Å². The van der Waals surface area contributed by atoms with Gasteiger partial charge in [-0.1, -0.05) is 0 Å². The number of hydrogen-bond donors (Lipinski definition) is 5. The van der Waals surface area contributed by atoms with E-state index in [1.165, 1.54) is 0 Å². The zero-order valence-corrected chi connectivity index (χ0v) is 10.6. The molecule has 0 aromatic carbocycles. The first-order chi connectivity index (χ1) is 9.86. The number of anilines is 2. The Morgan fingerprint density at radius 3 is 2.76 bits per heavy atom. The third-order valence-corrected chi connectivity index (χ3v) is 3.32. The van der Waals surface area contributed by atoms with Crippen LogP contribution in [0.1, 0.15) is 6.23 Å². The lowest BCUT2D eigenvalue weighted by atomic mass is 10.1. The van der Waals surface area contributed by atoms with Crippen LogP contribution in [0.25, 0.3) is 11.2 Å². The van der Waals surface area contributed by atoms with E-state index in [4.69, 9.17) is 21.3 Å². The number of ether oxygens (including phenoxy) is 1. The number of halogens is 1. The van der Waals surface area contributed by atoms with E-state index in [1.807, 2.05) is 0 Å². The zero-order chi connectivity index (χ0) is 15.4. The van der Waals surface area contributed by atoms with E-state index in [2.05, 4.69) is 15.0 Å². The van der Waals surface area contributed by atoms with Gasteiger partial charge in [-0.15, -0.1) is 0 Å². The summed E-state index contributed by atoms with van der Waals surface area (Å²) in [7, 11) is 0. The van der Waals surface area contributed by atoms with Crippen LogP contribution in [0.2, 0.25) is 0 Å². The van der Waals surface area contributed by atoms with Crippen molar-refractivity contribution in [1.29, 1.82) is 0 Å². The third-order valence-electron chi connectivity index (χ3n) is 3.32. The van der Waals surface area contributed by atoms with E-state index in [1.54, 1.807) is 0 Å². The second-order valence-electron chi connectivity index (χ2n) is 4.67. The molecule has 11 heteroatoms. The number of alkyl halides is 1. The highest BCUT2D eigenvalue weighted by molar-refractivity contribution is 5.82. The topological polar surface area (TPSA) is 166 Å². The summed E-state index contributed by atoms with van der Waals surface area (Å²) in [5, 5.41) is 28.5. The molecule has 1 aliphatic heterocycles. The first-order valence-corrected chi connectivity index (χ1v) is 5.97. The molecule has 0 aliphatic carbocycles. The first kappa shape index (κ1) is 13.9. The molecule has 10 nitrogen and oxygen atoms in total. The van der Waals surface area contributed by atoms with E-state index in [-0.39, 0.29) is 22.9 Å². The predicted octanol–water partition coefficient (Wildman–Crippen LogP) is -2.10. The Balaban J connectivity index is 2.13. The summed E-state index contributed by atoms with van der Waals surface area (Å²) in [5.41, 5.74) is 11.3. The Morgan fingerprint density at radius 2 is 2.14 bits per heavy atom. The molecule has 0 radical (unpaired) electrons. The van der Waals surface area contributed by atoms with Crippen LogP contribution in [0.3, 0.4) is 0 Å². The molecule has 3 rings (SSSR count). The molecule has 7 N–H and O–H groups in total. The molecule has 114 valence electrons. The highest BCUT2D eigenvalue weighted by Crippen LogP contribution is 2.40. The van der Waals surface area contributed by atoms with Crippen molar-refractivity contribution in [1.82, 2.24) is 19.5 Å². The smallest absolute Gasteiger partial charge is 0.281 e. The van der Waals surface area contributed by atoms with Crippen molar-refractivity contribution in [3.63, 3.8) is 0 Å². The Kier molecular flexibility index (Phi) is 2.95. The second kappa shape index (κ2) is 4.46. The number of aliphatic hydroxyl groups is 3. The number of aliphatic hydroxyl groups excluding tert-OH is 2. The molecule has 4 atom stereocenters. The molecule has 1 aliphatic rings. The summed E-state index contributed by atoms with van der Waals surface area (Å²) in [6.07, 6.45) is -3.76. The maximum absolute atomic E-state index is 14.3. The van der Waals surface area contributed by atoms with Crippen LogP contribution in [0.4, 0.5) is 16.2 Å². The lowest BCUT2D eigenvalue weighted by molar-refractivity contribution is -0.195. The molecule has 1 fully saturated rings. The molecule has 0 spiro atoms. The third kappa shape index (κ3) is 1.90. The minimum atomic E-state index is -3.14. The average Bonchev–Trinajstić information content (AvgIpc) is 2.91. The van der Waals surface area contributed by atoms with E-state index < -0.39 is 30.9 Å². The molecule has 2 aromatic rings. The zero-order valence-electron chi connectivity index (χ0n) is 10.6. The SMILES string of the molecule is Nc1nc(N)c2ncn([C@@H]3O[C@H](CO)[C@@H](O)[C@]3(O)F)c2n1. The molecule has 2 aromatic heterocycles. The number of nitrogens with zero attached hydrogens (tertiary/aromatic N) is 4. The number of nitrogens with two attached hydrogens (primary N) is 2. The number of nitrogen functional groups attached to an aromatic ring is 2. The van der Waals surface area contributed by atoms with Crippen LogP contribution in [0, 0.1) is 0 Å². The van der Waals surface area contributed by atoms with E-state index >= 15 is 0 Å². The van der Waals surface area contributed by atoms with Gasteiger partial charge in [0.05, 0.1) is 12.9 Å². The summed E-state index contributed by atoms with van der Waals surface area (Å²) in [6, 6.07) is 0. The second-order valence-corrected chi connectivity index (χ2v) is 4.67. The lowest BCUT2D eigenvalue weighted by Gasteiger charge is -2.23. The van der Waals surface area contributed by atoms with Gasteiger partial charge < -0.3 is 31.5 Å². The van der Waals surface area contributed by atoms with Gasteiger partial charge in [0, 0.05) is 0 Å². The summed E-state index contributed by atoms with van der Waals surface area (Å²) in [4.78, 5) is 11.5. The standard InChI is InChI=1S/C10H13FN6O4/c11-10(20)5(19)3(1-18)21-8(10)17-2-14-4-6(12)15-9(13)16-7(4)17/h2-3,5,8,18-20H,1H2,(H4,12,13,15,16)/t3-,5-,8-,10-/m1/s1. The summed E-state index contributed by atoms with van der Waals surface area (Å²) in [5.74, 6) is -3.33. The first-order valence-electron chi connectivity index (χ1n) is 5.97. The number of fused-ring (bicyclic) bond motifs is 1. The highest BCUT2D eigenvalue weighted by Gasteiger charge is 2.57. The summed E-state index contributed by atoms with van der Waals surface area (Å²) >= 11 is 0. The number of rotatable bonds is 2. The lowest BCUT2D eigenvalue weighted by Crippen LogP contribution is -2.43. The number of imidazole rings is 1. The van der Waals surface area contributed by atoms with Gasteiger partial charge in [-0.05, 0) is 0 Å². The van der Waals surface area contributed by atoms with Gasteiger partial charge in [-0.25, -0.2) is 9.37 Å². The van der Waals surface area contributed by atoms with E-state index in [0.717, 1.165) is 10.9 Å². The molecule has 0 saturated carbocycles. The van der Waals surface area contributed by atoms with Gasteiger partial charge in [-0.2, -0.15) is 9.97 Å². The quantitative estimate of drug-likeness (QED) is 0.417. The maximum atomic E-state index is 14.3. The number of aromatic nitrogens is 4. The van der Waals surface area contributed by atoms with Crippen molar-refractivity contribution in [3.05, 3.63) is 6.33 Å². The Morgan fingerprint density at radius 1 is 1.43 bits per heavy atom. The van der Waals surface area contributed by atoms with Gasteiger partial charge in [0.2, 0.25) is 5.95 Å². The maximum Gasteiger partial charge on any atom is 0.281 e. The fraction of sp³-hybridized carbons (Fsp3) is 0.500. The van der Waals surface area contributed by atoms with Gasteiger partial charge in [-0.3, -0.25) is 4.57 Å². The summed E-state index contributed by atoms with van der Waals surface area (Å²) in [6.45, 7) is -0.671. The van der Waals surface area contributed by atoms with Gasteiger partial charge in [0.1, 0.15) is 17.7 Å². The van der Waals surface area contributed by atoms with Gasteiger partial charge in [0.25, 0.3) is 5.85 Å². The van der Waals surface area contributed by atoms with Crippen LogP contribution in [0.5, 0.6) is 0 Å². The highest BCUT2D eigenvalue weighted by atomic mass is 19.2. The van der Waals surface area contributed by atoms with Crippen molar-refractivity contribution in [2.75, 3.05) is 18.1 Å². The molecule has 1 saturated heterocycles. The van der Waals surface area contributed by atoms with Crippen LogP contribution in [0.15, 0.2) is 6.33 Å². The van der Waals surface area contributed by atoms with Crippen LogP contribution >= 0.6 is 0 Å². The minimum Gasteiger partial charge on any atom is -0.394 e. The Labute approximate surface area is 116 Å². The van der Waals surface area contributed by atoms with Crippen molar-refractivity contribution in [2.45, 2.75) is 24.3 Å². The fourth-order valence-electron chi connectivity index (χ4n) is 2.27. The van der Waals surface area contributed by atoms with E-state index in [9.17, 15) is 14.6 Å². The Hall–Kier alpha value is -2.08. The van der Waals surface area contributed by atoms with Crippen molar-refractivity contribution in [2.24, 2.45) is 0 Å². The predicted molar refractivity (Wildman–Crippen MR) is 67.2 cm³/mol. The largest absolute Gasteiger partial charge is 0.394 e. The van der Waals surface area contributed by atoms with Crippen LogP contribution in [-0.2, 0) is 4.74 Å². The normalized spacial score (nSPS) is 32.9. The molecular weight excluding hydrogens is 287 g/mol. The molecule has 3 heterocycles. The van der Waals surface area contributed by atoms with Gasteiger partial charge >= 0.3 is 0 Å².